The van der Waals surface area contributed by atoms with Crippen molar-refractivity contribution in [2.75, 3.05) is 0 Å². The molecule has 4 N–H and O–H groups in total. The summed E-state index contributed by atoms with van der Waals surface area (Å²) in [5.41, 5.74) is 14.2. The van der Waals surface area contributed by atoms with E-state index in [2.05, 4.69) is 6.07 Å². The van der Waals surface area contributed by atoms with Gasteiger partial charge in [0.15, 0.2) is 0 Å². The molecule has 1 amide bonds. The number of hydrogen-bond donors (Lipinski definition) is 2. The van der Waals surface area contributed by atoms with Crippen LogP contribution in [0.5, 0.6) is 0 Å². The molecule has 1 rings (SSSR count). The quantitative estimate of drug-likeness (QED) is 0.755. The van der Waals surface area contributed by atoms with Crippen molar-refractivity contribution < 1.29 is 4.79 Å². The summed E-state index contributed by atoms with van der Waals surface area (Å²) in [4.78, 5) is 10.7. The summed E-state index contributed by atoms with van der Waals surface area (Å²) >= 11 is 0. The highest BCUT2D eigenvalue weighted by molar-refractivity contribution is 5.74. The molecule has 1 aromatic rings. The number of hydrogen-bond acceptors (Lipinski definition) is 2. The lowest BCUT2D eigenvalue weighted by Gasteiger charge is -2.13. The fraction of sp³-hybridized carbons (Fsp3) is 0.364. The number of benzene rings is 1. The predicted molar refractivity (Wildman–Crippen MR) is 56.7 cm³/mol. The van der Waals surface area contributed by atoms with Crippen LogP contribution in [0.25, 0.3) is 0 Å². The molecule has 0 saturated carbocycles. The van der Waals surface area contributed by atoms with Crippen LogP contribution in [0.1, 0.15) is 29.2 Å². The first kappa shape index (κ1) is 10.7. The first-order valence-electron chi connectivity index (χ1n) is 4.61. The summed E-state index contributed by atoms with van der Waals surface area (Å²) in [5.74, 6) is -0.363. The van der Waals surface area contributed by atoms with E-state index in [1.807, 2.05) is 26.0 Å². The Morgan fingerprint density at radius 3 is 2.57 bits per heavy atom. The number of rotatable bonds is 3. The molecular weight excluding hydrogens is 176 g/mol. The van der Waals surface area contributed by atoms with E-state index in [-0.39, 0.29) is 18.4 Å². The molecule has 0 aliphatic carbocycles. The Morgan fingerprint density at radius 2 is 2.07 bits per heavy atom. The van der Waals surface area contributed by atoms with Crippen molar-refractivity contribution >= 4 is 5.91 Å². The van der Waals surface area contributed by atoms with Crippen molar-refractivity contribution in [1.82, 2.24) is 0 Å². The number of amides is 1. The Labute approximate surface area is 84.1 Å². The lowest BCUT2D eigenvalue weighted by Crippen LogP contribution is -2.21. The Bertz CT molecular complexity index is 347. The molecule has 1 aromatic carbocycles. The molecule has 0 heterocycles. The van der Waals surface area contributed by atoms with Crippen LogP contribution in [-0.4, -0.2) is 5.91 Å². The average Bonchev–Trinajstić information content (AvgIpc) is 2.01. The molecule has 76 valence electrons. The predicted octanol–water partition coefficient (Wildman–Crippen LogP) is 1.18. The smallest absolute Gasteiger partial charge is 0.219 e. The normalized spacial score (nSPS) is 12.5. The number of primary amides is 1. The van der Waals surface area contributed by atoms with E-state index < -0.39 is 0 Å². The van der Waals surface area contributed by atoms with Crippen LogP contribution in [0.15, 0.2) is 18.2 Å². The van der Waals surface area contributed by atoms with E-state index in [1.165, 1.54) is 5.56 Å². The lowest BCUT2D eigenvalue weighted by molar-refractivity contribution is -0.118. The summed E-state index contributed by atoms with van der Waals surface area (Å²) in [6.45, 7) is 4.01. The molecule has 3 heteroatoms. The van der Waals surface area contributed by atoms with Gasteiger partial charge in [0, 0.05) is 12.5 Å². The van der Waals surface area contributed by atoms with E-state index in [4.69, 9.17) is 11.5 Å². The summed E-state index contributed by atoms with van der Waals surface area (Å²) < 4.78 is 0. The van der Waals surface area contributed by atoms with E-state index >= 15 is 0 Å². The molecule has 1 atom stereocenters. The van der Waals surface area contributed by atoms with E-state index in [1.54, 1.807) is 0 Å². The maximum Gasteiger partial charge on any atom is 0.219 e. The highest BCUT2D eigenvalue weighted by Crippen LogP contribution is 2.19. The van der Waals surface area contributed by atoms with Gasteiger partial charge in [0.1, 0.15) is 0 Å². The minimum atomic E-state index is -0.363. The van der Waals surface area contributed by atoms with E-state index in [0.29, 0.717) is 0 Å². The van der Waals surface area contributed by atoms with Gasteiger partial charge in [0.05, 0.1) is 0 Å². The van der Waals surface area contributed by atoms with Gasteiger partial charge in [-0.15, -0.1) is 0 Å². The Kier molecular flexibility index (Phi) is 3.25. The number of carbonyl (C=O) groups excluding carboxylic acids is 1. The second-order valence-electron chi connectivity index (χ2n) is 3.64. The molecule has 0 radical (unpaired) electrons. The monoisotopic (exact) mass is 192 g/mol. The lowest BCUT2D eigenvalue weighted by atomic mass is 9.98. The number of aryl methyl sites for hydroxylation is 2. The van der Waals surface area contributed by atoms with Crippen LogP contribution in [0.4, 0.5) is 0 Å². The van der Waals surface area contributed by atoms with Crippen LogP contribution in [0.3, 0.4) is 0 Å². The SMILES string of the molecule is Cc1ccc([C@H](N)CC(N)=O)c(C)c1. The Hall–Kier alpha value is -1.35. The van der Waals surface area contributed by atoms with Gasteiger partial charge in [-0.05, 0) is 25.0 Å². The summed E-state index contributed by atoms with van der Waals surface area (Å²) in [6, 6.07) is 5.71. The minimum absolute atomic E-state index is 0.198. The zero-order chi connectivity index (χ0) is 10.7. The number of carbonyl (C=O) groups is 1. The maximum atomic E-state index is 10.7. The summed E-state index contributed by atoms with van der Waals surface area (Å²) in [5, 5.41) is 0. The van der Waals surface area contributed by atoms with Crippen LogP contribution >= 0.6 is 0 Å². The molecule has 0 spiro atoms. The summed E-state index contributed by atoms with van der Waals surface area (Å²) in [6.07, 6.45) is 0.198. The molecule has 0 aliphatic rings. The van der Waals surface area contributed by atoms with Gasteiger partial charge >= 0.3 is 0 Å². The van der Waals surface area contributed by atoms with Gasteiger partial charge in [-0.1, -0.05) is 23.8 Å². The standard InChI is InChI=1S/C11H16N2O/c1-7-3-4-9(8(2)5-7)10(12)6-11(13)14/h3-5,10H,6,12H2,1-2H3,(H2,13,14)/t10-/m1/s1. The number of nitrogens with two attached hydrogens (primary N) is 2. The Balaban J connectivity index is 2.90. The van der Waals surface area contributed by atoms with Gasteiger partial charge in [0.2, 0.25) is 5.91 Å². The highest BCUT2D eigenvalue weighted by Gasteiger charge is 2.11. The largest absolute Gasteiger partial charge is 0.370 e. The topological polar surface area (TPSA) is 69.1 Å². The first-order chi connectivity index (χ1) is 6.50. The van der Waals surface area contributed by atoms with Crippen molar-refractivity contribution in [3.63, 3.8) is 0 Å². The minimum Gasteiger partial charge on any atom is -0.370 e. The van der Waals surface area contributed by atoms with Gasteiger partial charge in [0.25, 0.3) is 0 Å². The van der Waals surface area contributed by atoms with Crippen LogP contribution in [-0.2, 0) is 4.79 Å². The molecule has 0 unspecified atom stereocenters. The maximum absolute atomic E-state index is 10.7. The zero-order valence-electron chi connectivity index (χ0n) is 8.58. The van der Waals surface area contributed by atoms with Crippen molar-refractivity contribution in [3.8, 4) is 0 Å². The second kappa shape index (κ2) is 4.24. The van der Waals surface area contributed by atoms with Gasteiger partial charge < -0.3 is 11.5 Å². The average molecular weight is 192 g/mol. The van der Waals surface area contributed by atoms with Gasteiger partial charge in [-0.25, -0.2) is 0 Å². The first-order valence-corrected chi connectivity index (χ1v) is 4.61. The molecule has 14 heavy (non-hydrogen) atoms. The Morgan fingerprint density at radius 1 is 1.43 bits per heavy atom. The third-order valence-corrected chi connectivity index (χ3v) is 2.25. The van der Waals surface area contributed by atoms with E-state index in [9.17, 15) is 4.79 Å². The summed E-state index contributed by atoms with van der Waals surface area (Å²) in [7, 11) is 0. The van der Waals surface area contributed by atoms with Crippen LogP contribution < -0.4 is 11.5 Å². The molecule has 0 fully saturated rings. The molecule has 0 bridgehead atoms. The molecular formula is C11H16N2O. The molecule has 0 aliphatic heterocycles. The molecule has 0 aromatic heterocycles. The van der Waals surface area contributed by atoms with Gasteiger partial charge in [-0.2, -0.15) is 0 Å². The third kappa shape index (κ3) is 2.57. The van der Waals surface area contributed by atoms with Crippen LogP contribution in [0.2, 0.25) is 0 Å². The van der Waals surface area contributed by atoms with Crippen molar-refractivity contribution in [1.29, 1.82) is 0 Å². The molecule has 0 saturated heterocycles. The zero-order valence-corrected chi connectivity index (χ0v) is 8.58. The fourth-order valence-electron chi connectivity index (χ4n) is 1.57. The fourth-order valence-corrected chi connectivity index (χ4v) is 1.57. The van der Waals surface area contributed by atoms with Crippen molar-refractivity contribution in [3.05, 3.63) is 34.9 Å². The van der Waals surface area contributed by atoms with Crippen molar-refractivity contribution in [2.24, 2.45) is 11.5 Å². The van der Waals surface area contributed by atoms with E-state index in [0.717, 1.165) is 11.1 Å². The highest BCUT2D eigenvalue weighted by atomic mass is 16.1. The van der Waals surface area contributed by atoms with Crippen molar-refractivity contribution in [2.45, 2.75) is 26.3 Å². The second-order valence-corrected chi connectivity index (χ2v) is 3.64. The third-order valence-electron chi connectivity index (χ3n) is 2.25. The van der Waals surface area contributed by atoms with Gasteiger partial charge in [-0.3, -0.25) is 4.79 Å². The van der Waals surface area contributed by atoms with Crippen LogP contribution in [0, 0.1) is 13.8 Å². The molecule has 3 nitrogen and oxygen atoms in total.